The van der Waals surface area contributed by atoms with Gasteiger partial charge >= 0.3 is 5.97 Å². The highest BCUT2D eigenvalue weighted by Crippen LogP contribution is 2.27. The lowest BCUT2D eigenvalue weighted by Crippen LogP contribution is -2.41. The van der Waals surface area contributed by atoms with Crippen LogP contribution in [0, 0.1) is 18.7 Å². The summed E-state index contributed by atoms with van der Waals surface area (Å²) in [4.78, 5) is 27.3. The molecule has 0 radical (unpaired) electrons. The number of halogens is 1. The monoisotopic (exact) mass is 424 g/mol. The van der Waals surface area contributed by atoms with E-state index in [-0.39, 0.29) is 23.6 Å². The van der Waals surface area contributed by atoms with E-state index in [1.54, 1.807) is 35.6 Å². The molecule has 3 aromatic rings. The van der Waals surface area contributed by atoms with Crippen LogP contribution in [0.4, 0.5) is 4.39 Å². The van der Waals surface area contributed by atoms with Gasteiger partial charge in [-0.1, -0.05) is 0 Å². The molecule has 0 saturated carbocycles. The number of rotatable bonds is 5. The van der Waals surface area contributed by atoms with E-state index in [9.17, 15) is 14.0 Å². The van der Waals surface area contributed by atoms with Gasteiger partial charge in [0.2, 0.25) is 0 Å². The van der Waals surface area contributed by atoms with Gasteiger partial charge in [-0.05, 0) is 63.1 Å². The molecule has 7 nitrogen and oxygen atoms in total. The summed E-state index contributed by atoms with van der Waals surface area (Å²) in [6.07, 6.45) is 4.85. The third kappa shape index (κ3) is 4.10. The topological polar surface area (TPSA) is 69.4 Å². The third-order valence-corrected chi connectivity index (χ3v) is 5.57. The highest BCUT2D eigenvalue weighted by molar-refractivity contribution is 5.98. The Hall–Kier alpha value is -3.42. The smallest absolute Gasteiger partial charge is 0.309 e. The molecule has 3 heterocycles. The molecule has 0 spiro atoms. The van der Waals surface area contributed by atoms with Crippen molar-refractivity contribution >= 4 is 11.9 Å². The molecule has 0 N–H and O–H groups in total. The fraction of sp³-hybridized carbons (Fsp3) is 0.348. The van der Waals surface area contributed by atoms with Crippen molar-refractivity contribution in [2.75, 3.05) is 19.7 Å². The maximum Gasteiger partial charge on any atom is 0.309 e. The van der Waals surface area contributed by atoms with Gasteiger partial charge in [0.1, 0.15) is 11.4 Å². The minimum atomic E-state index is -0.337. The number of hydrogen-bond acceptors (Lipinski definition) is 4. The molecule has 0 bridgehead atoms. The normalized spacial score (nSPS) is 14.6. The number of likely N-dealkylation sites (tertiary alicyclic amines) is 1. The fourth-order valence-electron chi connectivity index (χ4n) is 3.98. The van der Waals surface area contributed by atoms with Crippen LogP contribution in [-0.2, 0) is 9.53 Å². The molecule has 2 aromatic heterocycles. The van der Waals surface area contributed by atoms with Gasteiger partial charge in [-0.25, -0.2) is 9.07 Å². The Balaban J connectivity index is 1.66. The number of hydrogen-bond donors (Lipinski definition) is 0. The lowest BCUT2D eigenvalue weighted by atomic mass is 9.96. The largest absolute Gasteiger partial charge is 0.466 e. The van der Waals surface area contributed by atoms with Gasteiger partial charge in [-0.2, -0.15) is 5.10 Å². The van der Waals surface area contributed by atoms with Crippen LogP contribution in [0.1, 0.15) is 35.8 Å². The van der Waals surface area contributed by atoms with Crippen molar-refractivity contribution < 1.29 is 18.7 Å². The number of carbonyl (C=O) groups excluding carboxylic acids is 2. The van der Waals surface area contributed by atoms with E-state index in [0.29, 0.717) is 55.3 Å². The average molecular weight is 424 g/mol. The van der Waals surface area contributed by atoms with Crippen LogP contribution in [0.25, 0.3) is 11.5 Å². The minimum Gasteiger partial charge on any atom is -0.466 e. The summed E-state index contributed by atoms with van der Waals surface area (Å²) >= 11 is 0. The molecule has 31 heavy (non-hydrogen) atoms. The number of amides is 1. The van der Waals surface area contributed by atoms with Crippen LogP contribution in [0.15, 0.2) is 48.8 Å². The van der Waals surface area contributed by atoms with Gasteiger partial charge in [0.25, 0.3) is 5.91 Å². The zero-order valence-electron chi connectivity index (χ0n) is 17.6. The lowest BCUT2D eigenvalue weighted by molar-refractivity contribution is -0.149. The predicted octanol–water partition coefficient (Wildman–Crippen LogP) is 3.53. The van der Waals surface area contributed by atoms with Crippen LogP contribution in [0.5, 0.6) is 0 Å². The highest BCUT2D eigenvalue weighted by Gasteiger charge is 2.32. The number of carbonyl (C=O) groups is 2. The van der Waals surface area contributed by atoms with E-state index < -0.39 is 0 Å². The van der Waals surface area contributed by atoms with E-state index in [2.05, 4.69) is 5.10 Å². The Kier molecular flexibility index (Phi) is 5.88. The van der Waals surface area contributed by atoms with Crippen LogP contribution in [0.3, 0.4) is 0 Å². The van der Waals surface area contributed by atoms with Crippen molar-refractivity contribution in [3.05, 3.63) is 65.9 Å². The molecule has 1 saturated heterocycles. The van der Waals surface area contributed by atoms with Gasteiger partial charge in [0.15, 0.2) is 5.82 Å². The molecule has 1 amide bonds. The lowest BCUT2D eigenvalue weighted by Gasteiger charge is -2.31. The second-order valence-electron chi connectivity index (χ2n) is 7.58. The minimum absolute atomic E-state index is 0.128. The summed E-state index contributed by atoms with van der Waals surface area (Å²) in [6.45, 7) is 4.91. The first-order valence-electron chi connectivity index (χ1n) is 10.4. The Labute approximate surface area is 180 Å². The zero-order valence-corrected chi connectivity index (χ0v) is 17.6. The van der Waals surface area contributed by atoms with Gasteiger partial charge in [0.05, 0.1) is 23.9 Å². The highest BCUT2D eigenvalue weighted by atomic mass is 19.1. The first kappa shape index (κ1) is 20.8. The van der Waals surface area contributed by atoms with Crippen molar-refractivity contribution in [1.82, 2.24) is 19.2 Å². The second-order valence-corrected chi connectivity index (χ2v) is 7.58. The fourth-order valence-corrected chi connectivity index (χ4v) is 3.98. The molecular formula is C23H25FN4O3. The molecule has 1 fully saturated rings. The summed E-state index contributed by atoms with van der Waals surface area (Å²) in [6, 6.07) is 9.75. The van der Waals surface area contributed by atoms with E-state index >= 15 is 0 Å². The maximum absolute atomic E-state index is 13.5. The molecule has 1 aromatic carbocycles. The predicted molar refractivity (Wildman–Crippen MR) is 113 cm³/mol. The molecule has 0 aliphatic carbocycles. The van der Waals surface area contributed by atoms with Crippen LogP contribution in [-0.4, -0.2) is 50.8 Å². The molecule has 0 unspecified atom stereocenters. The third-order valence-electron chi connectivity index (χ3n) is 5.57. The van der Waals surface area contributed by atoms with Gasteiger partial charge in [-0.15, -0.1) is 0 Å². The number of piperidine rings is 1. The standard InChI is InChI=1S/C23H25FN4O3/c1-3-31-23(30)17-10-14-27(15-11-17)22(29)20-16(2)25-28(19-8-6-18(24)7-9-19)21(20)26-12-4-5-13-26/h4-9,12-13,17H,3,10-11,14-15H2,1-2H3. The van der Waals surface area contributed by atoms with E-state index in [4.69, 9.17) is 4.74 Å². The first-order valence-corrected chi connectivity index (χ1v) is 10.4. The Morgan fingerprint density at radius 1 is 1.13 bits per heavy atom. The molecular weight excluding hydrogens is 399 g/mol. The van der Waals surface area contributed by atoms with Gasteiger partial charge in [-0.3, -0.25) is 9.59 Å². The van der Waals surface area contributed by atoms with Gasteiger partial charge < -0.3 is 14.2 Å². The van der Waals surface area contributed by atoms with Crippen LogP contribution in [0.2, 0.25) is 0 Å². The molecule has 1 aliphatic heterocycles. The molecule has 0 atom stereocenters. The molecule has 4 rings (SSSR count). The quantitative estimate of drug-likeness (QED) is 0.588. The number of aryl methyl sites for hydroxylation is 1. The van der Waals surface area contributed by atoms with E-state index in [1.807, 2.05) is 29.1 Å². The van der Waals surface area contributed by atoms with E-state index in [1.165, 1.54) is 12.1 Å². The first-order chi connectivity index (χ1) is 15.0. The molecule has 162 valence electrons. The van der Waals surface area contributed by atoms with Crippen molar-refractivity contribution in [2.45, 2.75) is 26.7 Å². The zero-order chi connectivity index (χ0) is 22.0. The van der Waals surface area contributed by atoms with Crippen molar-refractivity contribution in [1.29, 1.82) is 0 Å². The summed E-state index contributed by atoms with van der Waals surface area (Å²) in [7, 11) is 0. The number of aromatic nitrogens is 3. The van der Waals surface area contributed by atoms with Crippen molar-refractivity contribution in [2.24, 2.45) is 5.92 Å². The van der Waals surface area contributed by atoms with Crippen LogP contribution < -0.4 is 0 Å². The van der Waals surface area contributed by atoms with Crippen molar-refractivity contribution in [3.63, 3.8) is 0 Å². The summed E-state index contributed by atoms with van der Waals surface area (Å²) in [5, 5.41) is 4.60. The Morgan fingerprint density at radius 2 is 1.77 bits per heavy atom. The molecule has 8 heteroatoms. The summed E-state index contributed by atoms with van der Waals surface area (Å²) in [5.74, 6) is -0.224. The van der Waals surface area contributed by atoms with Crippen LogP contribution >= 0.6 is 0 Å². The summed E-state index contributed by atoms with van der Waals surface area (Å²) in [5.41, 5.74) is 1.74. The number of nitrogens with zero attached hydrogens (tertiary/aromatic N) is 4. The summed E-state index contributed by atoms with van der Waals surface area (Å²) < 4.78 is 22.1. The average Bonchev–Trinajstić information content (AvgIpc) is 3.42. The Bertz CT molecular complexity index is 1070. The maximum atomic E-state index is 13.5. The number of esters is 1. The SMILES string of the molecule is CCOC(=O)C1CCN(C(=O)c2c(C)nn(-c3ccc(F)cc3)c2-n2cccc2)CC1. The second kappa shape index (κ2) is 8.75. The van der Waals surface area contributed by atoms with E-state index in [0.717, 1.165) is 0 Å². The number of benzene rings is 1. The number of ether oxygens (including phenoxy) is 1. The van der Waals surface area contributed by atoms with Crippen molar-refractivity contribution in [3.8, 4) is 11.5 Å². The Morgan fingerprint density at radius 3 is 2.39 bits per heavy atom. The van der Waals surface area contributed by atoms with Gasteiger partial charge in [0, 0.05) is 25.5 Å². The molecule has 1 aliphatic rings.